The molecule has 1 fully saturated rings. The number of benzene rings is 1. The van der Waals surface area contributed by atoms with E-state index in [0.717, 1.165) is 10.4 Å². The van der Waals surface area contributed by atoms with Crippen molar-refractivity contribution in [3.8, 4) is 0 Å². The summed E-state index contributed by atoms with van der Waals surface area (Å²) in [4.78, 5) is 34.3. The fraction of sp³-hybridized carbons (Fsp3) is 0.190. The number of rotatable bonds is 5. The van der Waals surface area contributed by atoms with E-state index >= 15 is 0 Å². The molecule has 0 aliphatic carbocycles. The summed E-state index contributed by atoms with van der Waals surface area (Å²) >= 11 is 1.43. The van der Waals surface area contributed by atoms with Crippen LogP contribution in [0.15, 0.2) is 54.7 Å². The van der Waals surface area contributed by atoms with Gasteiger partial charge in [-0.25, -0.2) is 14.2 Å². The minimum absolute atomic E-state index is 0.146. The molecule has 1 aliphatic rings. The van der Waals surface area contributed by atoms with Crippen molar-refractivity contribution in [3.05, 3.63) is 75.9 Å². The number of thiophene rings is 1. The quantitative estimate of drug-likeness (QED) is 0.683. The minimum Gasteiger partial charge on any atom is -0.320 e. The zero-order valence-electron chi connectivity index (χ0n) is 15.8. The van der Waals surface area contributed by atoms with Gasteiger partial charge >= 0.3 is 6.03 Å². The van der Waals surface area contributed by atoms with Gasteiger partial charge in [0.1, 0.15) is 11.6 Å². The van der Waals surface area contributed by atoms with Gasteiger partial charge in [-0.2, -0.15) is 0 Å². The zero-order valence-corrected chi connectivity index (χ0v) is 16.6. The van der Waals surface area contributed by atoms with Crippen LogP contribution in [-0.4, -0.2) is 34.9 Å². The van der Waals surface area contributed by atoms with E-state index in [1.165, 1.54) is 23.5 Å². The summed E-state index contributed by atoms with van der Waals surface area (Å²) in [6, 6.07) is 13.1. The van der Waals surface area contributed by atoms with Gasteiger partial charge in [0.05, 0.1) is 16.8 Å². The van der Waals surface area contributed by atoms with Crippen molar-refractivity contribution in [3.63, 3.8) is 0 Å². The number of anilines is 2. The first-order chi connectivity index (χ1) is 14.0. The lowest BCUT2D eigenvalue weighted by Crippen LogP contribution is -2.31. The first kappa shape index (κ1) is 19.1. The van der Waals surface area contributed by atoms with Crippen molar-refractivity contribution in [1.29, 1.82) is 0 Å². The molecule has 1 aromatic carbocycles. The lowest BCUT2D eigenvalue weighted by molar-refractivity contribution is 0.103. The van der Waals surface area contributed by atoms with E-state index in [1.54, 1.807) is 46.3 Å². The molecule has 148 valence electrons. The maximum Gasteiger partial charge on any atom is 0.326 e. The van der Waals surface area contributed by atoms with Gasteiger partial charge in [0.25, 0.3) is 5.91 Å². The first-order valence-electron chi connectivity index (χ1n) is 9.14. The van der Waals surface area contributed by atoms with Crippen LogP contribution < -0.4 is 10.2 Å². The lowest BCUT2D eigenvalue weighted by Gasteiger charge is -2.18. The molecule has 2 aromatic heterocycles. The highest BCUT2D eigenvalue weighted by molar-refractivity contribution is 7.14. The number of urea groups is 1. The van der Waals surface area contributed by atoms with Gasteiger partial charge in [0.2, 0.25) is 0 Å². The van der Waals surface area contributed by atoms with Crippen LogP contribution in [0.25, 0.3) is 0 Å². The fourth-order valence-electron chi connectivity index (χ4n) is 3.12. The normalized spacial score (nSPS) is 13.8. The average molecular weight is 410 g/mol. The third-order valence-electron chi connectivity index (χ3n) is 4.63. The summed E-state index contributed by atoms with van der Waals surface area (Å²) in [6.07, 6.45) is 1.55. The Hall–Kier alpha value is -3.26. The molecule has 3 aromatic rings. The fourth-order valence-corrected chi connectivity index (χ4v) is 3.88. The molecule has 1 N–H and O–H groups in total. The molecule has 0 unspecified atom stereocenters. The summed E-state index contributed by atoms with van der Waals surface area (Å²) in [5, 5.41) is 2.81. The van der Waals surface area contributed by atoms with Crippen molar-refractivity contribution in [2.45, 2.75) is 13.5 Å². The average Bonchev–Trinajstić information content (AvgIpc) is 3.31. The highest BCUT2D eigenvalue weighted by atomic mass is 32.1. The van der Waals surface area contributed by atoms with Gasteiger partial charge in [0.15, 0.2) is 0 Å². The van der Waals surface area contributed by atoms with Crippen LogP contribution in [0.4, 0.5) is 20.7 Å². The van der Waals surface area contributed by atoms with E-state index < -0.39 is 0 Å². The number of carbonyl (C=O) groups is 2. The Labute approximate surface area is 171 Å². The molecule has 6 nitrogen and oxygen atoms in total. The van der Waals surface area contributed by atoms with Crippen LogP contribution in [0.3, 0.4) is 0 Å². The molecular formula is C21H19FN4O2S. The number of aryl methyl sites for hydroxylation is 1. The molecule has 0 atom stereocenters. The standard InChI is InChI=1S/C21H19FN4O2S/c1-14-2-8-18(29-14)20(27)24-17-7-9-19(23-12-17)26-11-10-25(21(26)28)13-15-3-5-16(22)6-4-15/h2-9,12H,10-11,13H2,1H3,(H,24,27). The van der Waals surface area contributed by atoms with Crippen LogP contribution in [0.2, 0.25) is 0 Å². The van der Waals surface area contributed by atoms with Crippen LogP contribution in [0.5, 0.6) is 0 Å². The number of nitrogens with zero attached hydrogens (tertiary/aromatic N) is 3. The molecule has 3 amide bonds. The second-order valence-corrected chi connectivity index (χ2v) is 8.04. The summed E-state index contributed by atoms with van der Waals surface area (Å²) in [5.41, 5.74) is 1.44. The Bertz CT molecular complexity index is 1030. The second-order valence-electron chi connectivity index (χ2n) is 6.75. The monoisotopic (exact) mass is 410 g/mol. The van der Waals surface area contributed by atoms with E-state index in [4.69, 9.17) is 0 Å². The minimum atomic E-state index is -0.297. The van der Waals surface area contributed by atoms with Crippen LogP contribution in [0, 0.1) is 12.7 Å². The van der Waals surface area contributed by atoms with Crippen LogP contribution in [0.1, 0.15) is 20.1 Å². The van der Waals surface area contributed by atoms with Crippen molar-refractivity contribution < 1.29 is 14.0 Å². The first-order valence-corrected chi connectivity index (χ1v) is 9.96. The number of halogens is 1. The third kappa shape index (κ3) is 4.27. The number of aromatic nitrogens is 1. The Morgan fingerprint density at radius 2 is 1.93 bits per heavy atom. The molecular weight excluding hydrogens is 391 g/mol. The predicted octanol–water partition coefficient (Wildman–Crippen LogP) is 4.29. The van der Waals surface area contributed by atoms with Crippen molar-refractivity contribution >= 4 is 34.8 Å². The molecule has 29 heavy (non-hydrogen) atoms. The lowest BCUT2D eigenvalue weighted by atomic mass is 10.2. The maximum absolute atomic E-state index is 13.0. The van der Waals surface area contributed by atoms with Gasteiger partial charge in [-0.3, -0.25) is 9.69 Å². The molecule has 1 aliphatic heterocycles. The van der Waals surface area contributed by atoms with Crippen molar-refractivity contribution in [2.75, 3.05) is 23.3 Å². The maximum atomic E-state index is 13.0. The Balaban J connectivity index is 1.39. The van der Waals surface area contributed by atoms with Gasteiger partial charge in [-0.15, -0.1) is 11.3 Å². The third-order valence-corrected chi connectivity index (χ3v) is 5.63. The summed E-state index contributed by atoms with van der Waals surface area (Å²) in [6.45, 7) is 3.45. The summed E-state index contributed by atoms with van der Waals surface area (Å²) < 4.78 is 13.0. The number of pyridine rings is 1. The van der Waals surface area contributed by atoms with Gasteiger partial charge < -0.3 is 10.2 Å². The van der Waals surface area contributed by atoms with Crippen molar-refractivity contribution in [2.24, 2.45) is 0 Å². The predicted molar refractivity (Wildman–Crippen MR) is 111 cm³/mol. The molecule has 0 saturated carbocycles. The largest absolute Gasteiger partial charge is 0.326 e. The highest BCUT2D eigenvalue weighted by Crippen LogP contribution is 2.22. The molecule has 8 heteroatoms. The molecule has 4 rings (SSSR count). The van der Waals surface area contributed by atoms with E-state index in [-0.39, 0.29) is 17.8 Å². The number of nitrogens with one attached hydrogen (secondary N) is 1. The van der Waals surface area contributed by atoms with Gasteiger partial charge in [-0.1, -0.05) is 12.1 Å². The van der Waals surface area contributed by atoms with Gasteiger partial charge in [-0.05, 0) is 48.9 Å². The molecule has 0 spiro atoms. The molecule has 3 heterocycles. The van der Waals surface area contributed by atoms with E-state index in [9.17, 15) is 14.0 Å². The molecule has 1 saturated heterocycles. The number of amides is 3. The smallest absolute Gasteiger partial charge is 0.320 e. The molecule has 0 radical (unpaired) electrons. The van der Waals surface area contributed by atoms with Crippen LogP contribution >= 0.6 is 11.3 Å². The van der Waals surface area contributed by atoms with E-state index in [1.807, 2.05) is 13.0 Å². The van der Waals surface area contributed by atoms with Crippen LogP contribution in [-0.2, 0) is 6.54 Å². The zero-order chi connectivity index (χ0) is 20.4. The Morgan fingerprint density at radius 3 is 2.59 bits per heavy atom. The number of hydrogen-bond acceptors (Lipinski definition) is 4. The number of carbonyl (C=O) groups excluding carboxylic acids is 2. The Morgan fingerprint density at radius 1 is 1.14 bits per heavy atom. The second kappa shape index (κ2) is 8.00. The molecule has 0 bridgehead atoms. The SMILES string of the molecule is Cc1ccc(C(=O)Nc2ccc(N3CCN(Cc4ccc(F)cc4)C3=O)nc2)s1. The summed E-state index contributed by atoms with van der Waals surface area (Å²) in [7, 11) is 0. The van der Waals surface area contributed by atoms with E-state index in [2.05, 4.69) is 10.3 Å². The van der Waals surface area contributed by atoms with E-state index in [0.29, 0.717) is 36.0 Å². The summed E-state index contributed by atoms with van der Waals surface area (Å²) in [5.74, 6) is 0.0515. The topological polar surface area (TPSA) is 65.5 Å². The van der Waals surface area contributed by atoms with Crippen molar-refractivity contribution in [1.82, 2.24) is 9.88 Å². The van der Waals surface area contributed by atoms with Gasteiger partial charge in [0, 0.05) is 24.5 Å². The highest BCUT2D eigenvalue weighted by Gasteiger charge is 2.30. The Kier molecular flexibility index (Phi) is 5.26. The number of hydrogen-bond donors (Lipinski definition) is 1.